The van der Waals surface area contributed by atoms with Gasteiger partial charge in [0.25, 0.3) is 0 Å². The van der Waals surface area contributed by atoms with E-state index >= 15 is 0 Å². The van der Waals surface area contributed by atoms with Gasteiger partial charge in [0, 0.05) is 25.4 Å². The van der Waals surface area contributed by atoms with Gasteiger partial charge in [0.15, 0.2) is 0 Å². The van der Waals surface area contributed by atoms with E-state index < -0.39 is 5.97 Å². The molecule has 2 N–H and O–H groups in total. The predicted molar refractivity (Wildman–Crippen MR) is 55.8 cm³/mol. The number of aromatic nitrogens is 2. The molecule has 0 unspecified atom stereocenters. The topological polar surface area (TPSA) is 75.1 Å². The Bertz CT molecular complexity index is 354. The first-order chi connectivity index (χ1) is 7.20. The maximum Gasteiger partial charge on any atom is 0.325 e. The lowest BCUT2D eigenvalue weighted by molar-refractivity contribution is -0.137. The van der Waals surface area contributed by atoms with Crippen LogP contribution in [0.15, 0.2) is 17.2 Å². The molecule has 0 aliphatic carbocycles. The molecule has 0 spiro atoms. The number of nitrogens with one attached hydrogen (secondary N) is 1. The molecule has 0 saturated carbocycles. The molecule has 5 nitrogen and oxygen atoms in total. The van der Waals surface area contributed by atoms with E-state index in [9.17, 15) is 9.59 Å². The summed E-state index contributed by atoms with van der Waals surface area (Å²) in [6, 6.07) is 0. The molecule has 0 aliphatic rings. The highest BCUT2D eigenvalue weighted by Crippen LogP contribution is 2.03. The molecular weight excluding hydrogens is 196 g/mol. The maximum atomic E-state index is 11.1. The second-order valence-corrected chi connectivity index (χ2v) is 3.52. The third-order valence-corrected chi connectivity index (χ3v) is 2.26. The van der Waals surface area contributed by atoms with Crippen molar-refractivity contribution in [2.45, 2.75) is 38.6 Å². The van der Waals surface area contributed by atoms with Crippen LogP contribution in [0.3, 0.4) is 0 Å². The number of aryl methyl sites for hydroxylation is 1. The Kier molecular flexibility index (Phi) is 4.66. The van der Waals surface area contributed by atoms with Gasteiger partial charge in [-0.2, -0.15) is 0 Å². The van der Waals surface area contributed by atoms with Crippen molar-refractivity contribution in [3.8, 4) is 0 Å². The standard InChI is InChI=1S/C10H16N2O3/c13-9(14)5-3-1-2-4-7-12-8-6-11-10(12)15/h6,8H,1-5,7H2,(H,11,15)(H,13,14). The van der Waals surface area contributed by atoms with E-state index in [2.05, 4.69) is 4.98 Å². The van der Waals surface area contributed by atoms with E-state index in [1.165, 1.54) is 0 Å². The van der Waals surface area contributed by atoms with E-state index in [1.54, 1.807) is 17.0 Å². The largest absolute Gasteiger partial charge is 0.481 e. The van der Waals surface area contributed by atoms with Gasteiger partial charge in [0.05, 0.1) is 0 Å². The highest BCUT2D eigenvalue weighted by Gasteiger charge is 1.98. The normalized spacial score (nSPS) is 10.4. The molecule has 0 amide bonds. The second-order valence-electron chi connectivity index (χ2n) is 3.52. The highest BCUT2D eigenvalue weighted by atomic mass is 16.4. The minimum atomic E-state index is -0.739. The van der Waals surface area contributed by atoms with Gasteiger partial charge < -0.3 is 10.1 Å². The first-order valence-corrected chi connectivity index (χ1v) is 5.16. The van der Waals surface area contributed by atoms with Crippen LogP contribution < -0.4 is 5.69 Å². The van der Waals surface area contributed by atoms with E-state index in [4.69, 9.17) is 5.11 Å². The van der Waals surface area contributed by atoms with Gasteiger partial charge in [-0.15, -0.1) is 0 Å². The van der Waals surface area contributed by atoms with Crippen molar-refractivity contribution in [1.29, 1.82) is 0 Å². The average molecular weight is 212 g/mol. The number of hydrogen-bond acceptors (Lipinski definition) is 2. The van der Waals surface area contributed by atoms with E-state index in [-0.39, 0.29) is 12.1 Å². The summed E-state index contributed by atoms with van der Waals surface area (Å²) < 4.78 is 1.62. The first kappa shape index (κ1) is 11.6. The molecular formula is C10H16N2O3. The SMILES string of the molecule is O=C(O)CCCCCCn1cc[nH]c1=O. The highest BCUT2D eigenvalue weighted by molar-refractivity contribution is 5.66. The Hall–Kier alpha value is -1.52. The summed E-state index contributed by atoms with van der Waals surface area (Å²) in [7, 11) is 0. The van der Waals surface area contributed by atoms with Crippen molar-refractivity contribution < 1.29 is 9.90 Å². The zero-order valence-corrected chi connectivity index (χ0v) is 8.61. The molecule has 1 aromatic heterocycles. The van der Waals surface area contributed by atoms with Gasteiger partial charge in [-0.05, 0) is 12.8 Å². The minimum Gasteiger partial charge on any atom is -0.481 e. The molecule has 0 saturated heterocycles. The van der Waals surface area contributed by atoms with E-state index in [1.807, 2.05) is 0 Å². The van der Waals surface area contributed by atoms with Crippen LogP contribution in [0.1, 0.15) is 32.1 Å². The fraction of sp³-hybridized carbons (Fsp3) is 0.600. The molecule has 0 bridgehead atoms. The number of aliphatic carboxylic acids is 1. The summed E-state index contributed by atoms with van der Waals surface area (Å²) in [6.45, 7) is 0.704. The van der Waals surface area contributed by atoms with Crippen LogP contribution in [0, 0.1) is 0 Å². The number of carboxylic acid groups (broad SMARTS) is 1. The molecule has 0 atom stereocenters. The Balaban J connectivity index is 2.05. The van der Waals surface area contributed by atoms with Crippen molar-refractivity contribution in [2.24, 2.45) is 0 Å². The van der Waals surface area contributed by atoms with Gasteiger partial charge in [0.2, 0.25) is 0 Å². The van der Waals surface area contributed by atoms with Crippen LogP contribution in [0.5, 0.6) is 0 Å². The zero-order valence-electron chi connectivity index (χ0n) is 8.61. The van der Waals surface area contributed by atoms with Crippen molar-refractivity contribution in [3.05, 3.63) is 22.9 Å². The van der Waals surface area contributed by atoms with Crippen molar-refractivity contribution in [3.63, 3.8) is 0 Å². The summed E-state index contributed by atoms with van der Waals surface area (Å²) in [6.07, 6.45) is 7.08. The summed E-state index contributed by atoms with van der Waals surface area (Å²) >= 11 is 0. The number of nitrogens with zero attached hydrogens (tertiary/aromatic N) is 1. The van der Waals surface area contributed by atoms with Crippen LogP contribution in [-0.2, 0) is 11.3 Å². The lowest BCUT2D eigenvalue weighted by atomic mass is 10.1. The number of unbranched alkanes of at least 4 members (excludes halogenated alkanes) is 3. The predicted octanol–water partition coefficient (Wildman–Crippen LogP) is 1.21. The van der Waals surface area contributed by atoms with Crippen LogP contribution >= 0.6 is 0 Å². The van der Waals surface area contributed by atoms with E-state index in [0.717, 1.165) is 25.7 Å². The van der Waals surface area contributed by atoms with Gasteiger partial charge in [0.1, 0.15) is 0 Å². The molecule has 1 heterocycles. The first-order valence-electron chi connectivity index (χ1n) is 5.16. The Labute approximate surface area is 87.7 Å². The molecule has 0 radical (unpaired) electrons. The molecule has 5 heteroatoms. The van der Waals surface area contributed by atoms with Gasteiger partial charge in [-0.1, -0.05) is 12.8 Å². The number of imidazole rings is 1. The monoisotopic (exact) mass is 212 g/mol. The second kappa shape index (κ2) is 6.06. The molecule has 15 heavy (non-hydrogen) atoms. The van der Waals surface area contributed by atoms with Crippen molar-refractivity contribution >= 4 is 5.97 Å². The van der Waals surface area contributed by atoms with Crippen molar-refractivity contribution in [2.75, 3.05) is 0 Å². The quantitative estimate of drug-likeness (QED) is 0.667. The summed E-state index contributed by atoms with van der Waals surface area (Å²) in [5.41, 5.74) is -0.0828. The van der Waals surface area contributed by atoms with Crippen LogP contribution in [0.4, 0.5) is 0 Å². The molecule has 0 aliphatic heterocycles. The number of aromatic amines is 1. The average Bonchev–Trinajstić information content (AvgIpc) is 2.57. The number of carboxylic acids is 1. The van der Waals surface area contributed by atoms with Crippen LogP contribution in [0.2, 0.25) is 0 Å². The maximum absolute atomic E-state index is 11.1. The molecule has 0 aromatic carbocycles. The third-order valence-electron chi connectivity index (χ3n) is 2.26. The van der Waals surface area contributed by atoms with Crippen LogP contribution in [-0.4, -0.2) is 20.6 Å². The molecule has 0 fully saturated rings. The minimum absolute atomic E-state index is 0.0828. The molecule has 1 aromatic rings. The van der Waals surface area contributed by atoms with Gasteiger partial charge >= 0.3 is 11.7 Å². The van der Waals surface area contributed by atoms with Gasteiger partial charge in [-0.25, -0.2) is 4.79 Å². The molecule has 1 rings (SSSR count). The number of carbonyl (C=O) groups is 1. The number of hydrogen-bond donors (Lipinski definition) is 2. The third kappa shape index (κ3) is 4.49. The number of H-pyrrole nitrogens is 1. The molecule has 84 valence electrons. The number of rotatable bonds is 7. The summed E-state index contributed by atoms with van der Waals surface area (Å²) in [5, 5.41) is 8.41. The summed E-state index contributed by atoms with van der Waals surface area (Å²) in [4.78, 5) is 23.8. The lowest BCUT2D eigenvalue weighted by Gasteiger charge is -2.00. The Morgan fingerprint density at radius 2 is 2.07 bits per heavy atom. The van der Waals surface area contributed by atoms with Crippen molar-refractivity contribution in [1.82, 2.24) is 9.55 Å². The summed E-state index contributed by atoms with van der Waals surface area (Å²) in [5.74, 6) is -0.739. The fourth-order valence-corrected chi connectivity index (χ4v) is 1.44. The van der Waals surface area contributed by atoms with Gasteiger partial charge in [-0.3, -0.25) is 9.36 Å². The zero-order chi connectivity index (χ0) is 11.1. The Morgan fingerprint density at radius 3 is 2.67 bits per heavy atom. The smallest absolute Gasteiger partial charge is 0.325 e. The van der Waals surface area contributed by atoms with E-state index in [0.29, 0.717) is 6.54 Å². The lowest BCUT2D eigenvalue weighted by Crippen LogP contribution is -2.15. The van der Waals surface area contributed by atoms with Crippen LogP contribution in [0.25, 0.3) is 0 Å². The Morgan fingerprint density at radius 1 is 1.33 bits per heavy atom. The fourth-order valence-electron chi connectivity index (χ4n) is 1.44.